The third kappa shape index (κ3) is 2.50. The number of hydrogen-bond donors (Lipinski definition) is 1. The fraction of sp³-hybridized carbons (Fsp3) is 0.273. The lowest BCUT2D eigenvalue weighted by Crippen LogP contribution is -1.90. The molecule has 0 aliphatic heterocycles. The first-order chi connectivity index (χ1) is 6.69. The summed E-state index contributed by atoms with van der Waals surface area (Å²) in [5, 5.41) is 9.52. The van der Waals surface area contributed by atoms with Gasteiger partial charge in [0.15, 0.2) is 0 Å². The highest BCUT2D eigenvalue weighted by atomic mass is 35.5. The van der Waals surface area contributed by atoms with Crippen molar-refractivity contribution in [2.45, 2.75) is 6.92 Å². The van der Waals surface area contributed by atoms with Crippen LogP contribution in [0.5, 0.6) is 5.75 Å². The van der Waals surface area contributed by atoms with Gasteiger partial charge in [0.25, 0.3) is 0 Å². The van der Waals surface area contributed by atoms with Crippen molar-refractivity contribution >= 4 is 17.7 Å². The predicted molar refractivity (Wildman–Crippen MR) is 58.7 cm³/mol. The van der Waals surface area contributed by atoms with E-state index in [9.17, 15) is 0 Å². The molecule has 1 aromatic carbocycles. The van der Waals surface area contributed by atoms with Crippen molar-refractivity contribution in [2.75, 3.05) is 13.7 Å². The van der Waals surface area contributed by atoms with E-state index in [1.54, 1.807) is 13.2 Å². The number of rotatable bonds is 3. The second kappa shape index (κ2) is 5.03. The maximum absolute atomic E-state index is 8.90. The van der Waals surface area contributed by atoms with E-state index < -0.39 is 0 Å². The monoisotopic (exact) mass is 212 g/mol. The second-order valence-electron chi connectivity index (χ2n) is 3.00. The fourth-order valence-electron chi connectivity index (χ4n) is 1.13. The van der Waals surface area contributed by atoms with Crippen molar-refractivity contribution in [1.29, 1.82) is 0 Å². The van der Waals surface area contributed by atoms with Gasteiger partial charge in [-0.25, -0.2) is 0 Å². The maximum Gasteiger partial charge on any atom is 0.127 e. The number of ether oxygens (including phenoxy) is 1. The van der Waals surface area contributed by atoms with Crippen molar-refractivity contribution in [3.8, 4) is 5.75 Å². The van der Waals surface area contributed by atoms with Crippen LogP contribution in [0, 0.1) is 0 Å². The Morgan fingerprint density at radius 1 is 1.57 bits per heavy atom. The molecule has 0 saturated carbocycles. The molecular weight excluding hydrogens is 200 g/mol. The van der Waals surface area contributed by atoms with Crippen LogP contribution in [-0.2, 0) is 0 Å². The molecule has 0 aliphatic carbocycles. The molecule has 0 spiro atoms. The average Bonchev–Trinajstić information content (AvgIpc) is 2.20. The van der Waals surface area contributed by atoms with Crippen LogP contribution in [0.1, 0.15) is 12.5 Å². The summed E-state index contributed by atoms with van der Waals surface area (Å²) in [4.78, 5) is 0. The molecule has 0 aliphatic rings. The summed E-state index contributed by atoms with van der Waals surface area (Å²) >= 11 is 6.00. The number of halogens is 1. The van der Waals surface area contributed by atoms with Crippen LogP contribution in [0.4, 0.5) is 0 Å². The Kier molecular flexibility index (Phi) is 3.98. The zero-order valence-corrected chi connectivity index (χ0v) is 9.01. The van der Waals surface area contributed by atoms with Gasteiger partial charge in [0.1, 0.15) is 5.75 Å². The Morgan fingerprint density at radius 3 is 2.86 bits per heavy atom. The van der Waals surface area contributed by atoms with Gasteiger partial charge in [-0.2, -0.15) is 0 Å². The van der Waals surface area contributed by atoms with Crippen LogP contribution >= 0.6 is 11.6 Å². The molecule has 76 valence electrons. The molecule has 0 fully saturated rings. The summed E-state index contributed by atoms with van der Waals surface area (Å²) in [5.74, 6) is 0.713. The zero-order valence-electron chi connectivity index (χ0n) is 8.25. The summed E-state index contributed by atoms with van der Waals surface area (Å²) in [6.45, 7) is 1.86. The van der Waals surface area contributed by atoms with Crippen LogP contribution < -0.4 is 4.74 Å². The summed E-state index contributed by atoms with van der Waals surface area (Å²) in [6, 6.07) is 5.45. The van der Waals surface area contributed by atoms with Crippen LogP contribution in [0.3, 0.4) is 0 Å². The minimum atomic E-state index is 0.0222. The van der Waals surface area contributed by atoms with Crippen LogP contribution in [0.2, 0.25) is 5.02 Å². The standard InChI is InChI=1S/C11H13ClO2/c1-8(7-13)6-9-10(12)4-3-5-11(9)14-2/h3-6,13H,7H2,1-2H3/b8-6-. The van der Waals surface area contributed by atoms with E-state index in [2.05, 4.69) is 0 Å². The van der Waals surface area contributed by atoms with Crippen molar-refractivity contribution in [3.63, 3.8) is 0 Å². The van der Waals surface area contributed by atoms with E-state index in [4.69, 9.17) is 21.4 Å². The summed E-state index contributed by atoms with van der Waals surface area (Å²) in [6.07, 6.45) is 1.82. The highest BCUT2D eigenvalue weighted by Crippen LogP contribution is 2.28. The summed E-state index contributed by atoms with van der Waals surface area (Å²) in [5.41, 5.74) is 1.65. The van der Waals surface area contributed by atoms with Crippen LogP contribution in [0.25, 0.3) is 6.08 Å². The molecule has 0 unspecified atom stereocenters. The van der Waals surface area contributed by atoms with E-state index in [1.807, 2.05) is 25.1 Å². The largest absolute Gasteiger partial charge is 0.496 e. The molecule has 0 radical (unpaired) electrons. The second-order valence-corrected chi connectivity index (χ2v) is 3.41. The predicted octanol–water partition coefficient (Wildman–Crippen LogP) is 2.74. The Hall–Kier alpha value is -0.990. The molecule has 14 heavy (non-hydrogen) atoms. The molecule has 0 bridgehead atoms. The molecule has 0 atom stereocenters. The Morgan fingerprint density at radius 2 is 2.29 bits per heavy atom. The molecule has 1 rings (SSSR count). The average molecular weight is 213 g/mol. The van der Waals surface area contributed by atoms with Crippen molar-refractivity contribution in [2.24, 2.45) is 0 Å². The van der Waals surface area contributed by atoms with E-state index in [0.717, 1.165) is 11.1 Å². The number of hydrogen-bond acceptors (Lipinski definition) is 2. The highest BCUT2D eigenvalue weighted by molar-refractivity contribution is 6.32. The van der Waals surface area contributed by atoms with Gasteiger partial charge < -0.3 is 9.84 Å². The van der Waals surface area contributed by atoms with Crippen molar-refractivity contribution in [1.82, 2.24) is 0 Å². The zero-order chi connectivity index (χ0) is 10.6. The third-order valence-electron chi connectivity index (χ3n) is 1.87. The maximum atomic E-state index is 8.90. The quantitative estimate of drug-likeness (QED) is 0.835. The SMILES string of the molecule is COc1cccc(Cl)c1/C=C(/C)CO. The van der Waals surface area contributed by atoms with Gasteiger partial charge >= 0.3 is 0 Å². The van der Waals surface area contributed by atoms with Gasteiger partial charge in [0.2, 0.25) is 0 Å². The lowest BCUT2D eigenvalue weighted by Gasteiger charge is -2.07. The number of methoxy groups -OCH3 is 1. The van der Waals surface area contributed by atoms with Crippen LogP contribution in [-0.4, -0.2) is 18.8 Å². The minimum absolute atomic E-state index is 0.0222. The lowest BCUT2D eigenvalue weighted by atomic mass is 10.1. The fourth-order valence-corrected chi connectivity index (χ4v) is 1.35. The Labute approximate surface area is 88.8 Å². The molecule has 1 N–H and O–H groups in total. The summed E-state index contributed by atoms with van der Waals surface area (Å²) < 4.78 is 5.16. The van der Waals surface area contributed by atoms with E-state index in [0.29, 0.717) is 10.8 Å². The molecule has 0 heterocycles. The van der Waals surface area contributed by atoms with Crippen LogP contribution in [0.15, 0.2) is 23.8 Å². The number of aliphatic hydroxyl groups is 1. The molecule has 3 heteroatoms. The lowest BCUT2D eigenvalue weighted by molar-refractivity contribution is 0.332. The smallest absolute Gasteiger partial charge is 0.127 e. The Balaban J connectivity index is 3.17. The van der Waals surface area contributed by atoms with Gasteiger partial charge in [0, 0.05) is 5.56 Å². The van der Waals surface area contributed by atoms with Gasteiger partial charge in [-0.3, -0.25) is 0 Å². The van der Waals surface area contributed by atoms with Gasteiger partial charge in [-0.05, 0) is 30.7 Å². The molecule has 0 saturated heterocycles. The Bertz CT molecular complexity index is 345. The van der Waals surface area contributed by atoms with E-state index >= 15 is 0 Å². The molecular formula is C11H13ClO2. The molecule has 2 nitrogen and oxygen atoms in total. The van der Waals surface area contributed by atoms with Gasteiger partial charge in [0.05, 0.1) is 18.7 Å². The van der Waals surface area contributed by atoms with Crippen molar-refractivity contribution in [3.05, 3.63) is 34.4 Å². The van der Waals surface area contributed by atoms with E-state index in [1.165, 1.54) is 0 Å². The summed E-state index contributed by atoms with van der Waals surface area (Å²) in [7, 11) is 1.59. The minimum Gasteiger partial charge on any atom is -0.496 e. The molecule has 0 amide bonds. The highest BCUT2D eigenvalue weighted by Gasteiger charge is 2.04. The molecule has 1 aromatic rings. The normalized spacial score (nSPS) is 11.6. The van der Waals surface area contributed by atoms with Gasteiger partial charge in [-0.15, -0.1) is 0 Å². The first-order valence-corrected chi connectivity index (χ1v) is 4.67. The number of benzene rings is 1. The first kappa shape index (κ1) is 11.1. The third-order valence-corrected chi connectivity index (χ3v) is 2.20. The van der Waals surface area contributed by atoms with E-state index in [-0.39, 0.29) is 6.61 Å². The van der Waals surface area contributed by atoms with Crippen molar-refractivity contribution < 1.29 is 9.84 Å². The first-order valence-electron chi connectivity index (χ1n) is 4.29. The topological polar surface area (TPSA) is 29.5 Å². The number of aliphatic hydroxyl groups excluding tert-OH is 1. The molecule has 0 aromatic heterocycles. The van der Waals surface area contributed by atoms with Gasteiger partial charge in [-0.1, -0.05) is 17.7 Å².